The minimum atomic E-state index is -0.521. The van der Waals surface area contributed by atoms with Crippen LogP contribution >= 0.6 is 0 Å². The highest BCUT2D eigenvalue weighted by Gasteiger charge is 2.10. The van der Waals surface area contributed by atoms with Gasteiger partial charge in [-0.15, -0.1) is 0 Å². The summed E-state index contributed by atoms with van der Waals surface area (Å²) in [6, 6.07) is 15.0. The first-order valence-corrected chi connectivity index (χ1v) is 8.16. The summed E-state index contributed by atoms with van der Waals surface area (Å²) in [4.78, 5) is 23.8. The third kappa shape index (κ3) is 6.04. The summed E-state index contributed by atoms with van der Waals surface area (Å²) in [5, 5.41) is 2.76. The van der Waals surface area contributed by atoms with Gasteiger partial charge in [-0.1, -0.05) is 36.4 Å². The van der Waals surface area contributed by atoms with Gasteiger partial charge in [-0.05, 0) is 42.2 Å². The molecule has 132 valence electrons. The molecule has 25 heavy (non-hydrogen) atoms. The van der Waals surface area contributed by atoms with Crippen molar-refractivity contribution in [1.29, 1.82) is 0 Å². The lowest BCUT2D eigenvalue weighted by molar-refractivity contribution is -0.124. The number of nitrogens with one attached hydrogen (secondary N) is 1. The quantitative estimate of drug-likeness (QED) is 0.750. The molecule has 0 saturated carbocycles. The third-order valence-electron chi connectivity index (χ3n) is 3.79. The van der Waals surface area contributed by atoms with Gasteiger partial charge in [0.2, 0.25) is 0 Å². The standard InChI is InChI=1S/C20H23NO4/c1-15-6-3-4-8-17(15)10-11-21-19(22)14-25-20(23)18-9-5-7-16(12-18)13-24-2/h3-9,12H,10-11,13-14H2,1-2H3,(H,21,22). The van der Waals surface area contributed by atoms with Gasteiger partial charge in [0.25, 0.3) is 5.91 Å². The van der Waals surface area contributed by atoms with Crippen molar-refractivity contribution in [2.24, 2.45) is 0 Å². The average Bonchev–Trinajstić information content (AvgIpc) is 2.62. The fraction of sp³-hybridized carbons (Fsp3) is 0.300. The number of benzene rings is 2. The maximum atomic E-state index is 12.0. The molecule has 1 N–H and O–H groups in total. The predicted octanol–water partition coefficient (Wildman–Crippen LogP) is 2.66. The lowest BCUT2D eigenvalue weighted by Gasteiger charge is -2.09. The van der Waals surface area contributed by atoms with E-state index in [1.54, 1.807) is 25.3 Å². The van der Waals surface area contributed by atoms with E-state index in [1.165, 1.54) is 11.1 Å². The van der Waals surface area contributed by atoms with E-state index in [0.717, 1.165) is 12.0 Å². The molecule has 2 aromatic carbocycles. The molecule has 5 heteroatoms. The zero-order valence-electron chi connectivity index (χ0n) is 14.6. The SMILES string of the molecule is COCc1cccc(C(=O)OCC(=O)NCCc2ccccc2C)c1. The fourth-order valence-corrected chi connectivity index (χ4v) is 2.45. The Balaban J connectivity index is 1.75. The van der Waals surface area contributed by atoms with E-state index in [9.17, 15) is 9.59 Å². The lowest BCUT2D eigenvalue weighted by Crippen LogP contribution is -2.30. The van der Waals surface area contributed by atoms with E-state index in [-0.39, 0.29) is 12.5 Å². The van der Waals surface area contributed by atoms with E-state index in [0.29, 0.717) is 18.7 Å². The van der Waals surface area contributed by atoms with E-state index in [4.69, 9.17) is 9.47 Å². The number of methoxy groups -OCH3 is 1. The van der Waals surface area contributed by atoms with Gasteiger partial charge in [0, 0.05) is 13.7 Å². The second-order valence-electron chi connectivity index (χ2n) is 5.74. The second kappa shape index (κ2) is 9.59. The Labute approximate surface area is 148 Å². The molecule has 0 unspecified atom stereocenters. The fourth-order valence-electron chi connectivity index (χ4n) is 2.45. The first-order chi connectivity index (χ1) is 12.1. The van der Waals surface area contributed by atoms with Crippen LogP contribution in [0.5, 0.6) is 0 Å². The zero-order chi connectivity index (χ0) is 18.1. The van der Waals surface area contributed by atoms with Crippen molar-refractivity contribution in [3.63, 3.8) is 0 Å². The smallest absolute Gasteiger partial charge is 0.338 e. The second-order valence-corrected chi connectivity index (χ2v) is 5.74. The van der Waals surface area contributed by atoms with Gasteiger partial charge in [-0.25, -0.2) is 4.79 Å². The number of ether oxygens (including phenoxy) is 2. The van der Waals surface area contributed by atoms with Crippen LogP contribution < -0.4 is 5.32 Å². The van der Waals surface area contributed by atoms with Gasteiger partial charge in [0.1, 0.15) is 0 Å². The summed E-state index contributed by atoms with van der Waals surface area (Å²) in [7, 11) is 1.59. The van der Waals surface area contributed by atoms with E-state index in [1.807, 2.05) is 37.3 Å². The van der Waals surface area contributed by atoms with E-state index in [2.05, 4.69) is 5.32 Å². The molecule has 5 nitrogen and oxygen atoms in total. The first kappa shape index (κ1) is 18.7. The van der Waals surface area contributed by atoms with Gasteiger partial charge in [0.05, 0.1) is 12.2 Å². The van der Waals surface area contributed by atoms with Crippen LogP contribution in [0.1, 0.15) is 27.0 Å². The van der Waals surface area contributed by atoms with Gasteiger partial charge < -0.3 is 14.8 Å². The lowest BCUT2D eigenvalue weighted by atomic mass is 10.1. The molecule has 0 heterocycles. The van der Waals surface area contributed by atoms with Crippen LogP contribution in [0.25, 0.3) is 0 Å². The summed E-state index contributed by atoms with van der Waals surface area (Å²) in [6.07, 6.45) is 0.741. The van der Waals surface area contributed by atoms with Gasteiger partial charge in [0.15, 0.2) is 6.61 Å². The highest BCUT2D eigenvalue weighted by atomic mass is 16.5. The van der Waals surface area contributed by atoms with Gasteiger partial charge in [-0.2, -0.15) is 0 Å². The molecule has 0 spiro atoms. The molecule has 0 saturated heterocycles. The summed E-state index contributed by atoms with van der Waals surface area (Å²) in [5.74, 6) is -0.831. The molecular weight excluding hydrogens is 318 g/mol. The van der Waals surface area contributed by atoms with Crippen molar-refractivity contribution in [2.45, 2.75) is 20.0 Å². The molecule has 1 amide bonds. The minimum Gasteiger partial charge on any atom is -0.452 e. The normalized spacial score (nSPS) is 10.3. The van der Waals surface area contributed by atoms with Crippen LogP contribution in [-0.2, 0) is 27.3 Å². The summed E-state index contributed by atoms with van der Waals surface area (Å²) in [6.45, 7) is 2.67. The van der Waals surface area contributed by atoms with Crippen LogP contribution in [0.4, 0.5) is 0 Å². The molecule has 0 aromatic heterocycles. The number of aryl methyl sites for hydroxylation is 1. The van der Waals surface area contributed by atoms with Gasteiger partial charge in [-0.3, -0.25) is 4.79 Å². The Kier molecular flexibility index (Phi) is 7.16. The van der Waals surface area contributed by atoms with E-state index < -0.39 is 5.97 Å². The number of carbonyl (C=O) groups is 2. The molecule has 0 fully saturated rings. The van der Waals surface area contributed by atoms with Crippen molar-refractivity contribution in [3.8, 4) is 0 Å². The number of amides is 1. The Bertz CT molecular complexity index is 727. The maximum Gasteiger partial charge on any atom is 0.338 e. The molecule has 0 aliphatic heterocycles. The summed E-state index contributed by atoms with van der Waals surface area (Å²) < 4.78 is 10.1. The van der Waals surface area contributed by atoms with E-state index >= 15 is 0 Å². The molecule has 2 aromatic rings. The highest BCUT2D eigenvalue weighted by Crippen LogP contribution is 2.08. The number of esters is 1. The van der Waals surface area contributed by atoms with Crippen LogP contribution in [0.2, 0.25) is 0 Å². The molecule has 0 aliphatic rings. The Morgan fingerprint density at radius 2 is 1.88 bits per heavy atom. The molecule has 0 bridgehead atoms. The third-order valence-corrected chi connectivity index (χ3v) is 3.79. The Morgan fingerprint density at radius 3 is 2.64 bits per heavy atom. The van der Waals surface area contributed by atoms with Crippen molar-refractivity contribution in [1.82, 2.24) is 5.32 Å². The van der Waals surface area contributed by atoms with Crippen LogP contribution in [0, 0.1) is 6.92 Å². The van der Waals surface area contributed by atoms with Crippen LogP contribution in [0.15, 0.2) is 48.5 Å². The molecule has 0 aliphatic carbocycles. The first-order valence-electron chi connectivity index (χ1n) is 8.16. The van der Waals surface area contributed by atoms with Gasteiger partial charge >= 0.3 is 5.97 Å². The topological polar surface area (TPSA) is 64.6 Å². The molecule has 2 rings (SSSR count). The maximum absolute atomic E-state index is 12.0. The largest absolute Gasteiger partial charge is 0.452 e. The highest BCUT2D eigenvalue weighted by molar-refractivity contribution is 5.91. The van der Waals surface area contributed by atoms with Crippen molar-refractivity contribution in [3.05, 3.63) is 70.8 Å². The van der Waals surface area contributed by atoms with Crippen LogP contribution in [-0.4, -0.2) is 32.1 Å². The van der Waals surface area contributed by atoms with Crippen molar-refractivity contribution in [2.75, 3.05) is 20.3 Å². The number of hydrogen-bond acceptors (Lipinski definition) is 4. The van der Waals surface area contributed by atoms with Crippen molar-refractivity contribution >= 4 is 11.9 Å². The Morgan fingerprint density at radius 1 is 1.08 bits per heavy atom. The Hall–Kier alpha value is -2.66. The minimum absolute atomic E-state index is 0.291. The molecular formula is C20H23NO4. The number of hydrogen-bond donors (Lipinski definition) is 1. The summed E-state index contributed by atoms with van der Waals surface area (Å²) in [5.41, 5.74) is 3.66. The predicted molar refractivity (Wildman–Crippen MR) is 95.3 cm³/mol. The zero-order valence-corrected chi connectivity index (χ0v) is 14.6. The molecule has 0 radical (unpaired) electrons. The van der Waals surface area contributed by atoms with Crippen LogP contribution in [0.3, 0.4) is 0 Å². The number of carbonyl (C=O) groups excluding carboxylic acids is 2. The number of rotatable bonds is 8. The monoisotopic (exact) mass is 341 g/mol. The molecule has 0 atom stereocenters. The average molecular weight is 341 g/mol. The van der Waals surface area contributed by atoms with Crippen molar-refractivity contribution < 1.29 is 19.1 Å². The summed E-state index contributed by atoms with van der Waals surface area (Å²) >= 11 is 0.